The normalized spacial score (nSPS) is 10.8. The molecular weight excluding hydrogens is 415 g/mol. The summed E-state index contributed by atoms with van der Waals surface area (Å²) in [6.45, 7) is 0. The Hall–Kier alpha value is -3.17. The van der Waals surface area contributed by atoms with E-state index in [0.29, 0.717) is 27.2 Å². The molecule has 0 aliphatic heterocycles. The molecule has 2 heterocycles. The second-order valence-corrected chi connectivity index (χ2v) is 7.28. The van der Waals surface area contributed by atoms with Crippen molar-refractivity contribution in [1.29, 1.82) is 0 Å². The number of nitrogens with one attached hydrogen (secondary N) is 1. The highest BCUT2D eigenvalue weighted by Gasteiger charge is 2.13. The van der Waals surface area contributed by atoms with Crippen LogP contribution in [-0.4, -0.2) is 36.0 Å². The van der Waals surface area contributed by atoms with E-state index in [-0.39, 0.29) is 17.5 Å². The van der Waals surface area contributed by atoms with Crippen LogP contribution in [0.4, 0.5) is 10.1 Å². The van der Waals surface area contributed by atoms with Gasteiger partial charge in [0.05, 0.1) is 22.8 Å². The molecule has 0 fully saturated rings. The molecule has 7 nitrogen and oxygen atoms in total. The fourth-order valence-corrected chi connectivity index (χ4v) is 3.62. The zero-order chi connectivity index (χ0) is 20.2. The van der Waals surface area contributed by atoms with Gasteiger partial charge in [0.25, 0.3) is 0 Å². The Morgan fingerprint density at radius 1 is 1.24 bits per heavy atom. The van der Waals surface area contributed by atoms with Gasteiger partial charge in [-0.15, -0.1) is 0 Å². The Balaban J connectivity index is 1.47. The lowest BCUT2D eigenvalue weighted by atomic mass is 10.2. The van der Waals surface area contributed by atoms with E-state index in [0.717, 1.165) is 0 Å². The lowest BCUT2D eigenvalue weighted by molar-refractivity contribution is -0.113. The molecule has 0 atom stereocenters. The van der Waals surface area contributed by atoms with Crippen molar-refractivity contribution in [2.24, 2.45) is 0 Å². The molecule has 4 rings (SSSR count). The highest BCUT2D eigenvalue weighted by Crippen LogP contribution is 2.25. The molecule has 29 heavy (non-hydrogen) atoms. The van der Waals surface area contributed by atoms with Crippen LogP contribution in [0.5, 0.6) is 0 Å². The van der Waals surface area contributed by atoms with E-state index in [1.807, 2.05) is 0 Å². The largest absolute Gasteiger partial charge is 0.323 e. The SMILES string of the molecule is O=C(CSc1nccn1-c1cccc(F)c1)Nc1cc(Cl)ccc1-n1cncn1. The molecule has 0 saturated heterocycles. The first kappa shape index (κ1) is 19.2. The van der Waals surface area contributed by atoms with E-state index in [4.69, 9.17) is 11.6 Å². The van der Waals surface area contributed by atoms with E-state index < -0.39 is 0 Å². The number of nitrogens with zero attached hydrogens (tertiary/aromatic N) is 5. The number of hydrogen-bond acceptors (Lipinski definition) is 5. The molecule has 1 amide bonds. The first-order chi connectivity index (χ1) is 14.1. The zero-order valence-corrected chi connectivity index (χ0v) is 16.4. The van der Waals surface area contributed by atoms with Crippen molar-refractivity contribution in [3.05, 3.63) is 78.4 Å². The maximum Gasteiger partial charge on any atom is 0.234 e. The van der Waals surface area contributed by atoms with Crippen LogP contribution in [0.3, 0.4) is 0 Å². The molecular formula is C19H14ClFN6OS. The average molecular weight is 429 g/mol. The lowest BCUT2D eigenvalue weighted by Gasteiger charge is -2.11. The van der Waals surface area contributed by atoms with Crippen LogP contribution >= 0.6 is 23.4 Å². The summed E-state index contributed by atoms with van der Waals surface area (Å²) in [5, 5.41) is 7.99. The minimum atomic E-state index is -0.341. The number of rotatable bonds is 6. The molecule has 2 aromatic heterocycles. The molecule has 0 saturated carbocycles. The van der Waals surface area contributed by atoms with Gasteiger partial charge in [0.15, 0.2) is 5.16 Å². The molecule has 0 aliphatic carbocycles. The van der Waals surface area contributed by atoms with Crippen LogP contribution in [0.2, 0.25) is 5.02 Å². The Morgan fingerprint density at radius 2 is 2.14 bits per heavy atom. The van der Waals surface area contributed by atoms with Crippen molar-refractivity contribution in [2.75, 3.05) is 11.1 Å². The molecule has 10 heteroatoms. The summed E-state index contributed by atoms with van der Waals surface area (Å²) < 4.78 is 16.8. The summed E-state index contributed by atoms with van der Waals surface area (Å²) >= 11 is 7.31. The van der Waals surface area contributed by atoms with Gasteiger partial charge in [-0.1, -0.05) is 29.4 Å². The smallest absolute Gasteiger partial charge is 0.234 e. The number of hydrogen-bond donors (Lipinski definition) is 1. The minimum Gasteiger partial charge on any atom is -0.323 e. The fourth-order valence-electron chi connectivity index (χ4n) is 2.68. The zero-order valence-electron chi connectivity index (χ0n) is 14.9. The van der Waals surface area contributed by atoms with Crippen LogP contribution in [-0.2, 0) is 4.79 Å². The molecule has 146 valence electrons. The Bertz CT molecular complexity index is 1150. The number of benzene rings is 2. The third kappa shape index (κ3) is 4.47. The monoisotopic (exact) mass is 428 g/mol. The van der Waals surface area contributed by atoms with Gasteiger partial charge in [0.2, 0.25) is 5.91 Å². The van der Waals surface area contributed by atoms with Crippen LogP contribution in [0.15, 0.2) is 72.7 Å². The van der Waals surface area contributed by atoms with Gasteiger partial charge in [0, 0.05) is 17.4 Å². The van der Waals surface area contributed by atoms with E-state index in [2.05, 4.69) is 20.4 Å². The highest BCUT2D eigenvalue weighted by molar-refractivity contribution is 7.99. The van der Waals surface area contributed by atoms with E-state index in [1.54, 1.807) is 47.3 Å². The molecule has 0 unspecified atom stereocenters. The van der Waals surface area contributed by atoms with Crippen molar-refractivity contribution < 1.29 is 9.18 Å². The molecule has 0 aliphatic rings. The van der Waals surface area contributed by atoms with Gasteiger partial charge in [0.1, 0.15) is 18.5 Å². The van der Waals surface area contributed by atoms with Crippen molar-refractivity contribution in [3.8, 4) is 11.4 Å². The van der Waals surface area contributed by atoms with Gasteiger partial charge in [-0.25, -0.2) is 19.0 Å². The number of carbonyl (C=O) groups is 1. The number of anilines is 1. The van der Waals surface area contributed by atoms with Crippen LogP contribution in [0.1, 0.15) is 0 Å². The Morgan fingerprint density at radius 3 is 2.93 bits per heavy atom. The summed E-state index contributed by atoms with van der Waals surface area (Å²) in [5.41, 5.74) is 1.79. The van der Waals surface area contributed by atoms with Crippen molar-refractivity contribution in [1.82, 2.24) is 24.3 Å². The number of thioether (sulfide) groups is 1. The number of amides is 1. The standard InChI is InChI=1S/C19H14ClFN6OS/c20-13-4-5-17(27-12-22-11-24-27)16(8-13)25-18(28)10-29-19-23-6-7-26(19)15-3-1-2-14(21)9-15/h1-9,11-12H,10H2,(H,25,28). The number of aromatic nitrogens is 5. The van der Waals surface area contributed by atoms with E-state index >= 15 is 0 Å². The summed E-state index contributed by atoms with van der Waals surface area (Å²) in [6, 6.07) is 11.3. The minimum absolute atomic E-state index is 0.107. The Kier molecular flexibility index (Phi) is 5.59. The molecule has 0 bridgehead atoms. The maximum absolute atomic E-state index is 13.5. The average Bonchev–Trinajstić information content (AvgIpc) is 3.38. The molecule has 0 spiro atoms. The summed E-state index contributed by atoms with van der Waals surface area (Å²) in [5.74, 6) is -0.478. The topological polar surface area (TPSA) is 77.6 Å². The summed E-state index contributed by atoms with van der Waals surface area (Å²) in [4.78, 5) is 20.7. The summed E-state index contributed by atoms with van der Waals surface area (Å²) in [7, 11) is 0. The third-order valence-electron chi connectivity index (χ3n) is 3.92. The highest BCUT2D eigenvalue weighted by atomic mass is 35.5. The van der Waals surface area contributed by atoms with E-state index in [1.165, 1.54) is 41.2 Å². The second kappa shape index (κ2) is 8.46. The van der Waals surface area contributed by atoms with Gasteiger partial charge < -0.3 is 5.32 Å². The fraction of sp³-hybridized carbons (Fsp3) is 0.0526. The first-order valence-electron chi connectivity index (χ1n) is 8.46. The molecule has 1 N–H and O–H groups in total. The van der Waals surface area contributed by atoms with E-state index in [9.17, 15) is 9.18 Å². The predicted octanol–water partition coefficient (Wildman–Crippen LogP) is 3.98. The first-order valence-corrected chi connectivity index (χ1v) is 9.83. The van der Waals surface area contributed by atoms with Gasteiger partial charge in [-0.05, 0) is 36.4 Å². The molecule has 0 radical (unpaired) electrons. The molecule has 4 aromatic rings. The second-order valence-electron chi connectivity index (χ2n) is 5.90. The van der Waals surface area contributed by atoms with Crippen LogP contribution < -0.4 is 5.32 Å². The number of halogens is 2. The van der Waals surface area contributed by atoms with Gasteiger partial charge in [-0.2, -0.15) is 5.10 Å². The van der Waals surface area contributed by atoms with Gasteiger partial charge >= 0.3 is 0 Å². The van der Waals surface area contributed by atoms with Crippen molar-refractivity contribution in [2.45, 2.75) is 5.16 Å². The summed E-state index contributed by atoms with van der Waals surface area (Å²) in [6.07, 6.45) is 6.26. The number of imidazole rings is 1. The quantitative estimate of drug-likeness (QED) is 0.470. The lowest BCUT2D eigenvalue weighted by Crippen LogP contribution is -2.16. The van der Waals surface area contributed by atoms with Gasteiger partial charge in [-0.3, -0.25) is 9.36 Å². The van der Waals surface area contributed by atoms with Crippen molar-refractivity contribution in [3.63, 3.8) is 0 Å². The maximum atomic E-state index is 13.5. The Labute approximate surface area is 174 Å². The molecule has 2 aromatic carbocycles. The predicted molar refractivity (Wildman–Crippen MR) is 109 cm³/mol. The van der Waals surface area contributed by atoms with Crippen LogP contribution in [0, 0.1) is 5.82 Å². The third-order valence-corrected chi connectivity index (χ3v) is 5.13. The van der Waals surface area contributed by atoms with Crippen LogP contribution in [0.25, 0.3) is 11.4 Å². The van der Waals surface area contributed by atoms with Crippen molar-refractivity contribution >= 4 is 35.0 Å². The number of carbonyl (C=O) groups excluding carboxylic acids is 1.